The predicted molar refractivity (Wildman–Crippen MR) is 121 cm³/mol. The van der Waals surface area contributed by atoms with Gasteiger partial charge in [-0.3, -0.25) is 9.58 Å². The molecular formula is C25H18N6O. The van der Waals surface area contributed by atoms with Crippen LogP contribution >= 0.6 is 0 Å². The highest BCUT2D eigenvalue weighted by atomic mass is 16.4. The van der Waals surface area contributed by atoms with Crippen LogP contribution in [0.5, 0.6) is 0 Å². The Morgan fingerprint density at radius 3 is 2.69 bits per heavy atom. The van der Waals surface area contributed by atoms with E-state index in [4.69, 9.17) is 14.4 Å². The number of imidazole rings is 1. The second-order valence-corrected chi connectivity index (χ2v) is 7.92. The van der Waals surface area contributed by atoms with Crippen molar-refractivity contribution < 1.29 is 4.42 Å². The van der Waals surface area contributed by atoms with Gasteiger partial charge >= 0.3 is 0 Å². The number of para-hydroxylation sites is 2. The Bertz CT molecular complexity index is 1550. The van der Waals surface area contributed by atoms with Gasteiger partial charge in [-0.05, 0) is 35.9 Å². The van der Waals surface area contributed by atoms with E-state index in [9.17, 15) is 0 Å². The number of benzene rings is 2. The summed E-state index contributed by atoms with van der Waals surface area (Å²) in [6, 6.07) is 22.4. The highest BCUT2D eigenvalue weighted by Gasteiger charge is 2.53. The van der Waals surface area contributed by atoms with Crippen LogP contribution in [0.1, 0.15) is 17.0 Å². The van der Waals surface area contributed by atoms with Crippen LogP contribution in [0, 0.1) is 0 Å². The van der Waals surface area contributed by atoms with Crippen LogP contribution in [0.3, 0.4) is 0 Å². The van der Waals surface area contributed by atoms with Crippen molar-refractivity contribution in [1.29, 1.82) is 0 Å². The van der Waals surface area contributed by atoms with E-state index in [1.807, 2.05) is 53.7 Å². The van der Waals surface area contributed by atoms with E-state index in [1.54, 1.807) is 6.20 Å². The highest BCUT2D eigenvalue weighted by Crippen LogP contribution is 2.46. The Morgan fingerprint density at radius 1 is 0.875 bits per heavy atom. The first-order valence-electron chi connectivity index (χ1n) is 10.5. The minimum absolute atomic E-state index is 0.584. The lowest BCUT2D eigenvalue weighted by Gasteiger charge is -2.39. The van der Waals surface area contributed by atoms with Crippen molar-refractivity contribution in [3.8, 4) is 0 Å². The molecule has 2 aromatic carbocycles. The van der Waals surface area contributed by atoms with Crippen LogP contribution in [0.25, 0.3) is 22.1 Å². The molecule has 154 valence electrons. The molecule has 1 atom stereocenters. The molecular weight excluding hydrogens is 400 g/mol. The Labute approximate surface area is 183 Å². The van der Waals surface area contributed by atoms with Crippen LogP contribution in [0.4, 0.5) is 0 Å². The summed E-state index contributed by atoms with van der Waals surface area (Å²) in [7, 11) is 0. The van der Waals surface area contributed by atoms with Gasteiger partial charge in [-0.25, -0.2) is 19.6 Å². The number of pyridine rings is 1. The van der Waals surface area contributed by atoms with E-state index < -0.39 is 5.66 Å². The number of oxazole rings is 1. The molecule has 1 aliphatic heterocycles. The van der Waals surface area contributed by atoms with Crippen molar-refractivity contribution in [2.75, 3.05) is 5.01 Å². The molecule has 4 aromatic heterocycles. The van der Waals surface area contributed by atoms with Crippen molar-refractivity contribution in [2.24, 2.45) is 0 Å². The largest absolute Gasteiger partial charge is 0.436 e. The summed E-state index contributed by atoms with van der Waals surface area (Å²) in [6.07, 6.45) is 9.43. The van der Waals surface area contributed by atoms with E-state index in [-0.39, 0.29) is 0 Å². The second kappa shape index (κ2) is 6.31. The second-order valence-electron chi connectivity index (χ2n) is 7.92. The zero-order valence-electron chi connectivity index (χ0n) is 17.0. The molecule has 5 heterocycles. The predicted octanol–water partition coefficient (Wildman–Crippen LogP) is 4.28. The molecule has 32 heavy (non-hydrogen) atoms. The topological polar surface area (TPSA) is 64.9 Å². The van der Waals surface area contributed by atoms with Gasteiger partial charge in [-0.1, -0.05) is 36.4 Å². The number of fused-ring (bicyclic) bond motifs is 3. The molecule has 0 amide bonds. The smallest absolute Gasteiger partial charge is 0.249 e. The average molecular weight is 418 g/mol. The molecule has 0 spiro atoms. The van der Waals surface area contributed by atoms with Crippen molar-refractivity contribution in [3.63, 3.8) is 0 Å². The van der Waals surface area contributed by atoms with Gasteiger partial charge in [-0.2, -0.15) is 0 Å². The van der Waals surface area contributed by atoms with E-state index in [0.717, 1.165) is 27.7 Å². The van der Waals surface area contributed by atoms with Crippen LogP contribution in [0.15, 0.2) is 102 Å². The Balaban J connectivity index is 1.65. The molecule has 1 unspecified atom stereocenters. The molecule has 1 aliphatic rings. The zero-order chi connectivity index (χ0) is 21.1. The first-order valence-corrected chi connectivity index (χ1v) is 10.5. The fraction of sp³-hybridized carbons (Fsp3) is 0.0800. The van der Waals surface area contributed by atoms with Gasteiger partial charge in [0.2, 0.25) is 11.6 Å². The van der Waals surface area contributed by atoms with Gasteiger partial charge in [0, 0.05) is 35.7 Å². The maximum Gasteiger partial charge on any atom is 0.249 e. The molecule has 0 saturated carbocycles. The highest BCUT2D eigenvalue weighted by molar-refractivity contribution is 5.78. The molecule has 7 nitrogen and oxygen atoms in total. The van der Waals surface area contributed by atoms with Crippen molar-refractivity contribution in [1.82, 2.24) is 24.2 Å². The Morgan fingerprint density at radius 2 is 1.78 bits per heavy atom. The summed E-state index contributed by atoms with van der Waals surface area (Å²) >= 11 is 0. The molecule has 0 aliphatic carbocycles. The summed E-state index contributed by atoms with van der Waals surface area (Å²) in [4.78, 5) is 14.1. The average Bonchev–Trinajstić information content (AvgIpc) is 3.62. The molecule has 0 bridgehead atoms. The van der Waals surface area contributed by atoms with Crippen LogP contribution < -0.4 is 5.01 Å². The maximum absolute atomic E-state index is 6.48. The molecule has 0 saturated heterocycles. The lowest BCUT2D eigenvalue weighted by Crippen LogP contribution is -2.53. The number of nitrogens with zero attached hydrogens (tertiary/aromatic N) is 6. The van der Waals surface area contributed by atoms with Gasteiger partial charge in [-0.15, -0.1) is 0 Å². The number of aromatic nitrogens is 5. The van der Waals surface area contributed by atoms with E-state index in [1.165, 1.54) is 5.56 Å². The quantitative estimate of drug-likeness (QED) is 0.429. The molecule has 6 aromatic rings. The molecule has 7 rings (SSSR count). The zero-order valence-corrected chi connectivity index (χ0v) is 17.0. The van der Waals surface area contributed by atoms with Crippen molar-refractivity contribution in [2.45, 2.75) is 12.2 Å². The fourth-order valence-corrected chi connectivity index (χ4v) is 4.89. The van der Waals surface area contributed by atoms with E-state index in [0.29, 0.717) is 12.4 Å². The van der Waals surface area contributed by atoms with Gasteiger partial charge < -0.3 is 4.42 Å². The summed E-state index contributed by atoms with van der Waals surface area (Å²) in [6.45, 7) is 0.664. The van der Waals surface area contributed by atoms with Crippen LogP contribution in [-0.4, -0.2) is 24.2 Å². The van der Waals surface area contributed by atoms with Gasteiger partial charge in [0.15, 0.2) is 5.58 Å². The third kappa shape index (κ3) is 2.17. The van der Waals surface area contributed by atoms with E-state index >= 15 is 0 Å². The monoisotopic (exact) mass is 418 g/mol. The van der Waals surface area contributed by atoms with Crippen LogP contribution in [-0.2, 0) is 12.2 Å². The Hall–Kier alpha value is -4.39. The van der Waals surface area contributed by atoms with Crippen molar-refractivity contribution >= 4 is 22.1 Å². The molecule has 0 fully saturated rings. The number of rotatable bonds is 3. The van der Waals surface area contributed by atoms with Crippen molar-refractivity contribution in [3.05, 3.63) is 115 Å². The molecule has 7 heteroatoms. The number of hydrogen-bond donors (Lipinski definition) is 0. The molecule has 0 N–H and O–H groups in total. The maximum atomic E-state index is 6.48. The summed E-state index contributed by atoms with van der Waals surface area (Å²) < 4.78 is 10.6. The minimum Gasteiger partial charge on any atom is -0.436 e. The Kier molecular flexibility index (Phi) is 3.41. The third-order valence-corrected chi connectivity index (χ3v) is 6.24. The van der Waals surface area contributed by atoms with Gasteiger partial charge in [0.05, 0.1) is 6.54 Å². The van der Waals surface area contributed by atoms with Crippen LogP contribution in [0.2, 0.25) is 0 Å². The lowest BCUT2D eigenvalue weighted by atomic mass is 9.98. The lowest BCUT2D eigenvalue weighted by molar-refractivity contribution is 0.290. The SMILES string of the molecule is c1ccc2c(c1)CN(n1ccnc1)C2(c1nc2ccccc2o1)n1ccc2cccnc21. The first-order chi connectivity index (χ1) is 15.9. The van der Waals surface area contributed by atoms with Gasteiger partial charge in [0.1, 0.15) is 17.5 Å². The number of hydrogen-bond acceptors (Lipinski definition) is 5. The normalized spacial score (nSPS) is 17.9. The standard InChI is InChI=1S/C25H18N6O/c1-2-8-20-19(6-1)16-31(29-15-13-26-17-29)25(20,24-28-21-9-3-4-10-22(21)32-24)30-14-11-18-7-5-12-27-23(18)30/h1-15,17H,16H2. The minimum atomic E-state index is -0.883. The van der Waals surface area contributed by atoms with Gasteiger partial charge in [0.25, 0.3) is 0 Å². The fourth-order valence-electron chi connectivity index (χ4n) is 4.89. The third-order valence-electron chi connectivity index (χ3n) is 6.24. The summed E-state index contributed by atoms with van der Waals surface area (Å²) in [5, 5.41) is 3.28. The first kappa shape index (κ1) is 17.3. The molecule has 0 radical (unpaired) electrons. The van der Waals surface area contributed by atoms with E-state index in [2.05, 4.69) is 57.2 Å². The summed E-state index contributed by atoms with van der Waals surface area (Å²) in [5.41, 5.74) is 3.84. The summed E-state index contributed by atoms with van der Waals surface area (Å²) in [5.74, 6) is 0.584.